The summed E-state index contributed by atoms with van der Waals surface area (Å²) in [5.41, 5.74) is 7.27. The van der Waals surface area contributed by atoms with E-state index in [1.54, 1.807) is 0 Å². The molecule has 0 spiro atoms. The second kappa shape index (κ2) is 6.38. The Balaban J connectivity index is 1.91. The smallest absolute Gasteiger partial charge is 0.0417 e. The van der Waals surface area contributed by atoms with Crippen molar-refractivity contribution < 1.29 is 0 Å². The highest BCUT2D eigenvalue weighted by Gasteiger charge is 2.22. The standard InChI is InChI=1S/C14H20BrClN2/c1-10(17)11-4-6-18(7-5-11)9-12-2-3-13(16)8-14(12)15/h2-3,8,10-11H,4-7,9,17H2,1H3. The second-order valence-electron chi connectivity index (χ2n) is 5.21. The molecule has 1 saturated heterocycles. The fourth-order valence-electron chi connectivity index (χ4n) is 2.53. The Morgan fingerprint density at radius 3 is 2.67 bits per heavy atom. The van der Waals surface area contributed by atoms with Crippen molar-refractivity contribution in [1.29, 1.82) is 0 Å². The first-order valence-electron chi connectivity index (χ1n) is 6.48. The van der Waals surface area contributed by atoms with Crippen molar-refractivity contribution in [1.82, 2.24) is 4.90 Å². The van der Waals surface area contributed by atoms with Crippen LogP contribution >= 0.6 is 27.5 Å². The van der Waals surface area contributed by atoms with Crippen molar-refractivity contribution in [3.63, 3.8) is 0 Å². The largest absolute Gasteiger partial charge is 0.328 e. The Morgan fingerprint density at radius 1 is 1.44 bits per heavy atom. The van der Waals surface area contributed by atoms with Crippen LogP contribution in [0.5, 0.6) is 0 Å². The summed E-state index contributed by atoms with van der Waals surface area (Å²) in [6, 6.07) is 6.35. The number of rotatable bonds is 3. The second-order valence-corrected chi connectivity index (χ2v) is 6.50. The van der Waals surface area contributed by atoms with E-state index in [2.05, 4.69) is 33.8 Å². The SMILES string of the molecule is CC(N)C1CCN(Cc2ccc(Cl)cc2Br)CC1. The molecular weight excluding hydrogens is 312 g/mol. The van der Waals surface area contributed by atoms with Gasteiger partial charge in [0.1, 0.15) is 0 Å². The molecule has 18 heavy (non-hydrogen) atoms. The Bertz CT molecular complexity index is 401. The van der Waals surface area contributed by atoms with Crippen molar-refractivity contribution in [2.24, 2.45) is 11.7 Å². The number of nitrogens with zero attached hydrogens (tertiary/aromatic N) is 1. The highest BCUT2D eigenvalue weighted by molar-refractivity contribution is 9.10. The fourth-order valence-corrected chi connectivity index (χ4v) is 3.34. The van der Waals surface area contributed by atoms with E-state index in [-0.39, 0.29) is 0 Å². The van der Waals surface area contributed by atoms with Crippen LogP contribution in [-0.2, 0) is 6.54 Å². The fraction of sp³-hybridized carbons (Fsp3) is 0.571. The zero-order chi connectivity index (χ0) is 13.1. The molecule has 1 fully saturated rings. The Labute approximate surface area is 123 Å². The molecule has 2 nitrogen and oxygen atoms in total. The van der Waals surface area contributed by atoms with Gasteiger partial charge in [-0.3, -0.25) is 4.90 Å². The molecule has 0 bridgehead atoms. The molecule has 0 radical (unpaired) electrons. The van der Waals surface area contributed by atoms with E-state index in [1.165, 1.54) is 18.4 Å². The van der Waals surface area contributed by atoms with Crippen molar-refractivity contribution in [2.45, 2.75) is 32.4 Å². The normalized spacial score (nSPS) is 20.0. The van der Waals surface area contributed by atoms with Crippen molar-refractivity contribution in [3.05, 3.63) is 33.3 Å². The van der Waals surface area contributed by atoms with Crippen LogP contribution in [0.15, 0.2) is 22.7 Å². The van der Waals surface area contributed by atoms with Gasteiger partial charge in [-0.25, -0.2) is 0 Å². The van der Waals surface area contributed by atoms with Gasteiger partial charge in [0.15, 0.2) is 0 Å². The van der Waals surface area contributed by atoms with Gasteiger partial charge < -0.3 is 5.73 Å². The molecule has 0 amide bonds. The molecule has 1 unspecified atom stereocenters. The minimum Gasteiger partial charge on any atom is -0.328 e. The number of benzene rings is 1. The maximum Gasteiger partial charge on any atom is 0.0417 e. The molecule has 0 saturated carbocycles. The summed E-state index contributed by atoms with van der Waals surface area (Å²) < 4.78 is 1.10. The van der Waals surface area contributed by atoms with Gasteiger partial charge in [0.25, 0.3) is 0 Å². The molecule has 4 heteroatoms. The monoisotopic (exact) mass is 330 g/mol. The van der Waals surface area contributed by atoms with Crippen LogP contribution in [0.2, 0.25) is 5.02 Å². The van der Waals surface area contributed by atoms with E-state index in [0.717, 1.165) is 29.1 Å². The van der Waals surface area contributed by atoms with Crippen molar-refractivity contribution >= 4 is 27.5 Å². The summed E-state index contributed by atoms with van der Waals surface area (Å²) in [4.78, 5) is 2.49. The highest BCUT2D eigenvalue weighted by atomic mass is 79.9. The summed E-state index contributed by atoms with van der Waals surface area (Å²) in [7, 11) is 0. The van der Waals surface area contributed by atoms with E-state index in [9.17, 15) is 0 Å². The Hall–Kier alpha value is -0.0900. The van der Waals surface area contributed by atoms with Gasteiger partial charge in [0.2, 0.25) is 0 Å². The minimum atomic E-state index is 0.328. The van der Waals surface area contributed by atoms with Crippen LogP contribution in [0.3, 0.4) is 0 Å². The van der Waals surface area contributed by atoms with E-state index >= 15 is 0 Å². The third-order valence-electron chi connectivity index (χ3n) is 3.78. The number of likely N-dealkylation sites (tertiary alicyclic amines) is 1. The molecule has 100 valence electrons. The van der Waals surface area contributed by atoms with Gasteiger partial charge in [-0.15, -0.1) is 0 Å². The van der Waals surface area contributed by atoms with Gasteiger partial charge >= 0.3 is 0 Å². The summed E-state index contributed by atoms with van der Waals surface area (Å²) in [5, 5.41) is 0.779. The number of hydrogen-bond donors (Lipinski definition) is 1. The van der Waals surface area contributed by atoms with Gasteiger partial charge in [-0.05, 0) is 56.5 Å². The molecular formula is C14H20BrClN2. The maximum absolute atomic E-state index is 5.97. The van der Waals surface area contributed by atoms with E-state index in [0.29, 0.717) is 12.0 Å². The van der Waals surface area contributed by atoms with Crippen molar-refractivity contribution in [2.75, 3.05) is 13.1 Å². The first-order valence-corrected chi connectivity index (χ1v) is 7.65. The molecule has 0 aliphatic carbocycles. The lowest BCUT2D eigenvalue weighted by Gasteiger charge is -2.33. The Morgan fingerprint density at radius 2 is 2.11 bits per heavy atom. The third-order valence-corrected chi connectivity index (χ3v) is 4.76. The number of halogens is 2. The molecule has 1 aromatic carbocycles. The van der Waals surface area contributed by atoms with Gasteiger partial charge in [0.05, 0.1) is 0 Å². The summed E-state index contributed by atoms with van der Waals surface area (Å²) in [6.07, 6.45) is 2.42. The number of piperidine rings is 1. The molecule has 1 heterocycles. The maximum atomic E-state index is 5.97. The summed E-state index contributed by atoms with van der Waals surface area (Å²) in [6.45, 7) is 5.39. The molecule has 1 aromatic rings. The summed E-state index contributed by atoms with van der Waals surface area (Å²) >= 11 is 9.53. The lowest BCUT2D eigenvalue weighted by Crippen LogP contribution is -2.39. The van der Waals surface area contributed by atoms with Crippen LogP contribution in [-0.4, -0.2) is 24.0 Å². The predicted molar refractivity (Wildman–Crippen MR) is 80.8 cm³/mol. The predicted octanol–water partition coefficient (Wildman–Crippen LogP) is 3.66. The third kappa shape index (κ3) is 3.70. The van der Waals surface area contributed by atoms with Gasteiger partial charge in [-0.1, -0.05) is 33.6 Å². The van der Waals surface area contributed by atoms with E-state index in [1.807, 2.05) is 12.1 Å². The number of hydrogen-bond acceptors (Lipinski definition) is 2. The zero-order valence-electron chi connectivity index (χ0n) is 10.7. The molecule has 1 atom stereocenters. The van der Waals surface area contributed by atoms with Crippen LogP contribution in [0.4, 0.5) is 0 Å². The minimum absolute atomic E-state index is 0.328. The number of nitrogens with two attached hydrogens (primary N) is 1. The average Bonchev–Trinajstić information content (AvgIpc) is 2.33. The van der Waals surface area contributed by atoms with Crippen LogP contribution in [0, 0.1) is 5.92 Å². The topological polar surface area (TPSA) is 29.3 Å². The van der Waals surface area contributed by atoms with Gasteiger partial charge in [0, 0.05) is 22.1 Å². The average molecular weight is 332 g/mol. The lowest BCUT2D eigenvalue weighted by molar-refractivity contribution is 0.165. The molecule has 1 aliphatic rings. The van der Waals surface area contributed by atoms with Crippen LogP contribution in [0.1, 0.15) is 25.3 Å². The first kappa shape index (κ1) is 14.3. The van der Waals surface area contributed by atoms with Crippen LogP contribution in [0.25, 0.3) is 0 Å². The lowest BCUT2D eigenvalue weighted by atomic mass is 9.91. The van der Waals surface area contributed by atoms with E-state index in [4.69, 9.17) is 17.3 Å². The van der Waals surface area contributed by atoms with E-state index < -0.39 is 0 Å². The Kier molecular flexibility index (Phi) is 5.07. The molecule has 0 aromatic heterocycles. The molecule has 1 aliphatic heterocycles. The molecule has 2 N–H and O–H groups in total. The first-order chi connectivity index (χ1) is 8.56. The molecule has 2 rings (SSSR count). The van der Waals surface area contributed by atoms with Crippen molar-refractivity contribution in [3.8, 4) is 0 Å². The van der Waals surface area contributed by atoms with Gasteiger partial charge in [-0.2, -0.15) is 0 Å². The quantitative estimate of drug-likeness (QED) is 0.916. The van der Waals surface area contributed by atoms with Crippen LogP contribution < -0.4 is 5.73 Å². The summed E-state index contributed by atoms with van der Waals surface area (Å²) in [5.74, 6) is 0.690. The highest BCUT2D eigenvalue weighted by Crippen LogP contribution is 2.25. The zero-order valence-corrected chi connectivity index (χ0v) is 13.0.